The summed E-state index contributed by atoms with van der Waals surface area (Å²) in [5.41, 5.74) is 4.71. The number of benzene rings is 2. The lowest BCUT2D eigenvalue weighted by Gasteiger charge is -2.37. The summed E-state index contributed by atoms with van der Waals surface area (Å²) in [6.07, 6.45) is 1.72. The van der Waals surface area contributed by atoms with Crippen LogP contribution in [0.25, 0.3) is 0 Å². The number of carbonyl (C=O) groups excluding carboxylic acids is 2. The highest BCUT2D eigenvalue weighted by molar-refractivity contribution is 6.04. The topological polar surface area (TPSA) is 73.9 Å². The molecule has 2 aromatic rings. The van der Waals surface area contributed by atoms with E-state index in [-0.39, 0.29) is 17.8 Å². The van der Waals surface area contributed by atoms with Gasteiger partial charge in [0.05, 0.1) is 25.4 Å². The van der Waals surface area contributed by atoms with Crippen LogP contribution in [-0.2, 0) is 14.3 Å². The Morgan fingerprint density at radius 2 is 1.64 bits per heavy atom. The lowest BCUT2D eigenvalue weighted by atomic mass is 9.71. The molecule has 0 radical (unpaired) electrons. The summed E-state index contributed by atoms with van der Waals surface area (Å²) < 4.78 is 16.6. The van der Waals surface area contributed by atoms with Crippen LogP contribution < -0.4 is 14.8 Å². The van der Waals surface area contributed by atoms with Crippen LogP contribution in [0.4, 0.5) is 0 Å². The van der Waals surface area contributed by atoms with Crippen LogP contribution in [0.2, 0.25) is 0 Å². The number of esters is 1. The molecule has 36 heavy (non-hydrogen) atoms. The van der Waals surface area contributed by atoms with Gasteiger partial charge < -0.3 is 19.5 Å². The van der Waals surface area contributed by atoms with Crippen molar-refractivity contribution in [3.8, 4) is 11.5 Å². The fourth-order valence-electron chi connectivity index (χ4n) is 5.01. The molecule has 0 aromatic heterocycles. The molecule has 0 spiro atoms. The average Bonchev–Trinajstić information content (AvgIpc) is 2.86. The average molecular weight is 490 g/mol. The number of methoxy groups -OCH3 is 1. The highest BCUT2D eigenvalue weighted by Crippen LogP contribution is 2.46. The van der Waals surface area contributed by atoms with Crippen molar-refractivity contribution in [1.82, 2.24) is 5.32 Å². The van der Waals surface area contributed by atoms with E-state index in [9.17, 15) is 9.59 Å². The summed E-state index contributed by atoms with van der Waals surface area (Å²) in [5, 5.41) is 3.40. The van der Waals surface area contributed by atoms with Gasteiger partial charge in [-0.05, 0) is 74.9 Å². The van der Waals surface area contributed by atoms with Crippen LogP contribution in [0.3, 0.4) is 0 Å². The molecule has 1 aliphatic carbocycles. The molecular formula is C30H35NO5. The lowest BCUT2D eigenvalue weighted by Crippen LogP contribution is -2.36. The third kappa shape index (κ3) is 5.32. The van der Waals surface area contributed by atoms with Gasteiger partial charge in [0.1, 0.15) is 11.5 Å². The first kappa shape index (κ1) is 25.5. The number of dihydropyridines is 1. The Morgan fingerprint density at radius 3 is 2.25 bits per heavy atom. The summed E-state index contributed by atoms with van der Waals surface area (Å²) in [4.78, 5) is 27.0. The van der Waals surface area contributed by atoms with Gasteiger partial charge in [-0.2, -0.15) is 0 Å². The van der Waals surface area contributed by atoms with E-state index in [2.05, 4.69) is 12.2 Å². The zero-order valence-electron chi connectivity index (χ0n) is 21.7. The Morgan fingerprint density at radius 1 is 1.00 bits per heavy atom. The first-order valence-corrected chi connectivity index (χ1v) is 12.6. The van der Waals surface area contributed by atoms with E-state index in [1.54, 1.807) is 7.11 Å². The van der Waals surface area contributed by atoms with E-state index in [1.807, 2.05) is 69.3 Å². The third-order valence-electron chi connectivity index (χ3n) is 6.66. The maximum atomic E-state index is 13.7. The summed E-state index contributed by atoms with van der Waals surface area (Å²) in [6.45, 7) is 8.24. The molecule has 0 saturated carbocycles. The maximum Gasteiger partial charge on any atom is 0.337 e. The molecule has 1 N–H and O–H groups in total. The van der Waals surface area contributed by atoms with Crippen molar-refractivity contribution in [2.45, 2.75) is 64.9 Å². The van der Waals surface area contributed by atoms with Crippen LogP contribution in [0, 0.1) is 0 Å². The number of ketones is 1. The zero-order valence-corrected chi connectivity index (χ0v) is 21.7. The van der Waals surface area contributed by atoms with Gasteiger partial charge >= 0.3 is 5.97 Å². The molecule has 190 valence electrons. The standard InChI is InChI=1S/C30H35NO5/c1-6-15-35-24-13-9-21(10-14-24)28-27(30(33)36-18(2)3)19(4)31-25-16-22(17-26(32)29(25)28)20-7-11-23(34-5)12-8-20/h7-14,18,22,28,31H,6,15-17H2,1-5H3/t22-,28-/m1/s1. The number of hydrogen-bond acceptors (Lipinski definition) is 6. The van der Waals surface area contributed by atoms with Crippen LogP contribution in [-0.4, -0.2) is 31.6 Å². The molecule has 1 heterocycles. The van der Waals surface area contributed by atoms with E-state index >= 15 is 0 Å². The number of ether oxygens (including phenoxy) is 3. The van der Waals surface area contributed by atoms with Crippen LogP contribution in [0.1, 0.15) is 69.9 Å². The van der Waals surface area contributed by atoms with E-state index in [1.165, 1.54) is 0 Å². The van der Waals surface area contributed by atoms with E-state index in [0.29, 0.717) is 30.6 Å². The van der Waals surface area contributed by atoms with Crippen molar-refractivity contribution in [2.24, 2.45) is 0 Å². The summed E-state index contributed by atoms with van der Waals surface area (Å²) in [7, 11) is 1.64. The van der Waals surface area contributed by atoms with Crippen LogP contribution in [0.15, 0.2) is 71.1 Å². The number of allylic oxidation sites excluding steroid dienone is 3. The van der Waals surface area contributed by atoms with E-state index in [0.717, 1.165) is 40.4 Å². The van der Waals surface area contributed by atoms with Crippen molar-refractivity contribution < 1.29 is 23.8 Å². The molecule has 6 heteroatoms. The molecule has 2 atom stereocenters. The van der Waals surface area contributed by atoms with Gasteiger partial charge in [0.2, 0.25) is 0 Å². The molecule has 2 aromatic carbocycles. The largest absolute Gasteiger partial charge is 0.497 e. The van der Waals surface area contributed by atoms with Crippen LogP contribution >= 0.6 is 0 Å². The summed E-state index contributed by atoms with van der Waals surface area (Å²) in [6, 6.07) is 15.6. The number of nitrogens with one attached hydrogen (secondary N) is 1. The van der Waals surface area contributed by atoms with Crippen molar-refractivity contribution in [3.63, 3.8) is 0 Å². The maximum absolute atomic E-state index is 13.7. The zero-order chi connectivity index (χ0) is 25.8. The Hall–Kier alpha value is -3.54. The predicted octanol–water partition coefficient (Wildman–Crippen LogP) is 5.80. The highest BCUT2D eigenvalue weighted by atomic mass is 16.5. The first-order chi connectivity index (χ1) is 17.3. The fourth-order valence-corrected chi connectivity index (χ4v) is 5.01. The summed E-state index contributed by atoms with van der Waals surface area (Å²) in [5.74, 6) is 0.765. The second-order valence-corrected chi connectivity index (χ2v) is 9.66. The van der Waals surface area contributed by atoms with Gasteiger partial charge in [-0.15, -0.1) is 0 Å². The monoisotopic (exact) mass is 489 g/mol. The van der Waals surface area contributed by atoms with Crippen molar-refractivity contribution in [3.05, 3.63) is 82.2 Å². The molecular weight excluding hydrogens is 454 g/mol. The van der Waals surface area contributed by atoms with Gasteiger partial charge in [-0.1, -0.05) is 31.2 Å². The van der Waals surface area contributed by atoms with Gasteiger partial charge in [0, 0.05) is 29.3 Å². The quantitative estimate of drug-likeness (QED) is 0.473. The number of carbonyl (C=O) groups is 2. The second-order valence-electron chi connectivity index (χ2n) is 9.66. The van der Waals surface area contributed by atoms with Gasteiger partial charge in [-0.25, -0.2) is 4.79 Å². The fraction of sp³-hybridized carbons (Fsp3) is 0.400. The van der Waals surface area contributed by atoms with Crippen molar-refractivity contribution in [1.29, 1.82) is 0 Å². The molecule has 6 nitrogen and oxygen atoms in total. The highest BCUT2D eigenvalue weighted by Gasteiger charge is 2.41. The van der Waals surface area contributed by atoms with Crippen molar-refractivity contribution in [2.75, 3.05) is 13.7 Å². The Kier molecular flexibility index (Phi) is 7.82. The minimum absolute atomic E-state index is 0.0447. The van der Waals surface area contributed by atoms with Crippen molar-refractivity contribution >= 4 is 11.8 Å². The van der Waals surface area contributed by atoms with E-state index < -0.39 is 11.9 Å². The van der Waals surface area contributed by atoms with Gasteiger partial charge in [0.25, 0.3) is 0 Å². The Balaban J connectivity index is 1.73. The summed E-state index contributed by atoms with van der Waals surface area (Å²) >= 11 is 0. The van der Waals surface area contributed by atoms with Gasteiger partial charge in [0.15, 0.2) is 5.78 Å². The molecule has 0 unspecified atom stereocenters. The third-order valence-corrected chi connectivity index (χ3v) is 6.66. The van der Waals surface area contributed by atoms with Crippen LogP contribution in [0.5, 0.6) is 11.5 Å². The predicted molar refractivity (Wildman–Crippen MR) is 139 cm³/mol. The Labute approximate surface area is 213 Å². The Bertz CT molecular complexity index is 1170. The molecule has 0 saturated heterocycles. The van der Waals surface area contributed by atoms with Gasteiger partial charge in [-0.3, -0.25) is 4.79 Å². The molecule has 0 bridgehead atoms. The second kappa shape index (κ2) is 11.0. The minimum Gasteiger partial charge on any atom is -0.497 e. The molecule has 0 amide bonds. The molecule has 0 fully saturated rings. The first-order valence-electron chi connectivity index (χ1n) is 12.6. The lowest BCUT2D eigenvalue weighted by molar-refractivity contribution is -0.143. The molecule has 4 rings (SSSR count). The SMILES string of the molecule is CCCOc1ccc([C@@H]2C(C(=O)OC(C)C)=C(C)NC3=C2C(=O)C[C@H](c2ccc(OC)cc2)C3)cc1. The number of Topliss-reactive ketones (excluding diaryl/α,β-unsaturated/α-hetero) is 1. The normalized spacial score (nSPS) is 19.7. The molecule has 1 aliphatic heterocycles. The number of rotatable bonds is 8. The number of hydrogen-bond donors (Lipinski definition) is 1. The smallest absolute Gasteiger partial charge is 0.337 e. The van der Waals surface area contributed by atoms with E-state index in [4.69, 9.17) is 14.2 Å². The molecule has 2 aliphatic rings. The minimum atomic E-state index is -0.489.